The Hall–Kier alpha value is -0.960. The molecule has 0 aliphatic heterocycles. The van der Waals surface area contributed by atoms with Crippen molar-refractivity contribution >= 4 is 46.3 Å². The van der Waals surface area contributed by atoms with Crippen LogP contribution in [0.2, 0.25) is 15.2 Å². The summed E-state index contributed by atoms with van der Waals surface area (Å²) in [5, 5.41) is 4.24. The maximum Gasteiger partial charge on any atom is 0.151 e. The number of aryl methyl sites for hydroxylation is 1. The highest BCUT2D eigenvalue weighted by atomic mass is 35.5. The van der Waals surface area contributed by atoms with Gasteiger partial charge in [0.15, 0.2) is 5.82 Å². The molecule has 100 valence electrons. The summed E-state index contributed by atoms with van der Waals surface area (Å²) in [4.78, 5) is 4.16. The Bertz CT molecular complexity index is 585. The molecule has 0 aliphatic carbocycles. The van der Waals surface area contributed by atoms with Crippen molar-refractivity contribution in [3.63, 3.8) is 0 Å². The van der Waals surface area contributed by atoms with E-state index in [0.717, 1.165) is 18.5 Å². The number of aromatic nitrogens is 1. The predicted molar refractivity (Wildman–Crippen MR) is 83.0 cm³/mol. The zero-order chi connectivity index (χ0) is 13.8. The monoisotopic (exact) mass is 314 g/mol. The van der Waals surface area contributed by atoms with Gasteiger partial charge in [-0.1, -0.05) is 66.3 Å². The summed E-state index contributed by atoms with van der Waals surface area (Å²) >= 11 is 17.9. The van der Waals surface area contributed by atoms with Gasteiger partial charge in [-0.15, -0.1) is 0 Å². The van der Waals surface area contributed by atoms with Crippen LogP contribution in [-0.4, -0.2) is 4.98 Å². The normalized spacial score (nSPS) is 10.5. The molecular formula is C14H13Cl3N2. The topological polar surface area (TPSA) is 24.9 Å². The Morgan fingerprint density at radius 3 is 2.58 bits per heavy atom. The third kappa shape index (κ3) is 3.53. The minimum atomic E-state index is 0.238. The highest BCUT2D eigenvalue weighted by molar-refractivity contribution is 6.43. The van der Waals surface area contributed by atoms with Crippen molar-refractivity contribution in [1.82, 2.24) is 4.98 Å². The van der Waals surface area contributed by atoms with E-state index in [0.29, 0.717) is 15.9 Å². The van der Waals surface area contributed by atoms with E-state index in [4.69, 9.17) is 34.8 Å². The molecular weight excluding hydrogens is 303 g/mol. The standard InChI is InChI=1S/C14H13Cl3N2/c1-2-5-9-6-3-4-7-12(9)18-14-11(16)8-10(15)13(17)19-14/h3-4,6-8H,2,5H2,1H3,(H,18,19). The van der Waals surface area contributed by atoms with Crippen LogP contribution >= 0.6 is 34.8 Å². The van der Waals surface area contributed by atoms with E-state index in [2.05, 4.69) is 23.3 Å². The molecule has 2 nitrogen and oxygen atoms in total. The number of halogens is 3. The van der Waals surface area contributed by atoms with Crippen LogP contribution in [-0.2, 0) is 6.42 Å². The molecule has 5 heteroatoms. The van der Waals surface area contributed by atoms with E-state index in [1.807, 2.05) is 18.2 Å². The molecule has 0 saturated carbocycles. The van der Waals surface area contributed by atoms with Crippen LogP contribution in [0.5, 0.6) is 0 Å². The molecule has 0 fully saturated rings. The Morgan fingerprint density at radius 1 is 1.11 bits per heavy atom. The van der Waals surface area contributed by atoms with Gasteiger partial charge in [-0.3, -0.25) is 0 Å². The molecule has 2 rings (SSSR count). The molecule has 0 spiro atoms. The second-order valence-electron chi connectivity index (χ2n) is 4.12. The first kappa shape index (κ1) is 14.4. The van der Waals surface area contributed by atoms with Crippen molar-refractivity contribution in [1.29, 1.82) is 0 Å². The number of hydrogen-bond acceptors (Lipinski definition) is 2. The van der Waals surface area contributed by atoms with Crippen molar-refractivity contribution in [2.24, 2.45) is 0 Å². The number of pyridine rings is 1. The summed E-state index contributed by atoms with van der Waals surface area (Å²) < 4.78 is 0. The largest absolute Gasteiger partial charge is 0.339 e. The van der Waals surface area contributed by atoms with E-state index < -0.39 is 0 Å². The molecule has 1 aromatic heterocycles. The highest BCUT2D eigenvalue weighted by Gasteiger charge is 2.09. The number of nitrogens with one attached hydrogen (secondary N) is 1. The lowest BCUT2D eigenvalue weighted by Crippen LogP contribution is -1.99. The van der Waals surface area contributed by atoms with Gasteiger partial charge in [0.25, 0.3) is 0 Å². The van der Waals surface area contributed by atoms with Crippen molar-refractivity contribution in [3.05, 3.63) is 51.1 Å². The van der Waals surface area contributed by atoms with Gasteiger partial charge < -0.3 is 5.32 Å². The Labute approximate surface area is 127 Å². The molecule has 1 aromatic carbocycles. The van der Waals surface area contributed by atoms with Crippen molar-refractivity contribution in [2.75, 3.05) is 5.32 Å². The maximum absolute atomic E-state index is 6.11. The first-order valence-corrected chi connectivity index (χ1v) is 7.11. The number of para-hydroxylation sites is 1. The Balaban J connectivity index is 2.33. The van der Waals surface area contributed by atoms with E-state index >= 15 is 0 Å². The van der Waals surface area contributed by atoms with E-state index in [1.165, 1.54) is 5.56 Å². The summed E-state index contributed by atoms with van der Waals surface area (Å²) in [6, 6.07) is 9.64. The van der Waals surface area contributed by atoms with Crippen LogP contribution in [0.1, 0.15) is 18.9 Å². The minimum absolute atomic E-state index is 0.238. The summed E-state index contributed by atoms with van der Waals surface area (Å²) in [5.41, 5.74) is 2.20. The van der Waals surface area contributed by atoms with Gasteiger partial charge in [0.1, 0.15) is 5.15 Å². The molecule has 1 N–H and O–H groups in total. The summed E-state index contributed by atoms with van der Waals surface area (Å²) in [7, 11) is 0. The lowest BCUT2D eigenvalue weighted by Gasteiger charge is -2.12. The van der Waals surface area contributed by atoms with E-state index in [9.17, 15) is 0 Å². The average molecular weight is 316 g/mol. The van der Waals surface area contributed by atoms with Gasteiger partial charge >= 0.3 is 0 Å². The second kappa shape index (κ2) is 6.47. The SMILES string of the molecule is CCCc1ccccc1Nc1nc(Cl)c(Cl)cc1Cl. The van der Waals surface area contributed by atoms with Gasteiger partial charge in [-0.25, -0.2) is 4.98 Å². The molecule has 0 saturated heterocycles. The van der Waals surface area contributed by atoms with Gasteiger partial charge in [0.05, 0.1) is 10.0 Å². The molecule has 19 heavy (non-hydrogen) atoms. The minimum Gasteiger partial charge on any atom is -0.339 e. The zero-order valence-electron chi connectivity index (χ0n) is 10.4. The molecule has 0 amide bonds. The number of rotatable bonds is 4. The van der Waals surface area contributed by atoms with Crippen LogP contribution in [0, 0.1) is 0 Å². The fourth-order valence-corrected chi connectivity index (χ4v) is 2.33. The average Bonchev–Trinajstić information content (AvgIpc) is 2.38. The lowest BCUT2D eigenvalue weighted by atomic mass is 10.1. The Kier molecular flexibility index (Phi) is 4.92. The fraction of sp³-hybridized carbons (Fsp3) is 0.214. The van der Waals surface area contributed by atoms with Crippen LogP contribution < -0.4 is 5.32 Å². The van der Waals surface area contributed by atoms with Crippen LogP contribution in [0.4, 0.5) is 11.5 Å². The zero-order valence-corrected chi connectivity index (χ0v) is 12.6. The summed E-state index contributed by atoms with van der Waals surface area (Å²) in [5.74, 6) is 0.514. The first-order chi connectivity index (χ1) is 9.11. The fourth-order valence-electron chi connectivity index (χ4n) is 1.79. The number of hydrogen-bond donors (Lipinski definition) is 1. The second-order valence-corrected chi connectivity index (χ2v) is 5.30. The molecule has 2 aromatic rings. The van der Waals surface area contributed by atoms with Crippen LogP contribution in [0.25, 0.3) is 0 Å². The predicted octanol–water partition coefficient (Wildman–Crippen LogP) is 5.74. The number of benzene rings is 1. The van der Waals surface area contributed by atoms with Crippen molar-refractivity contribution < 1.29 is 0 Å². The van der Waals surface area contributed by atoms with Crippen LogP contribution in [0.15, 0.2) is 30.3 Å². The maximum atomic E-state index is 6.11. The number of anilines is 2. The van der Waals surface area contributed by atoms with Crippen molar-refractivity contribution in [2.45, 2.75) is 19.8 Å². The number of nitrogens with zero attached hydrogens (tertiary/aromatic N) is 1. The summed E-state index contributed by atoms with van der Waals surface area (Å²) in [6.07, 6.45) is 2.06. The molecule has 0 bridgehead atoms. The highest BCUT2D eigenvalue weighted by Crippen LogP contribution is 2.31. The van der Waals surface area contributed by atoms with Gasteiger partial charge in [-0.2, -0.15) is 0 Å². The molecule has 0 aliphatic rings. The quantitative estimate of drug-likeness (QED) is 0.728. The molecule has 0 atom stereocenters. The molecule has 0 unspecified atom stereocenters. The van der Waals surface area contributed by atoms with Crippen LogP contribution in [0.3, 0.4) is 0 Å². The van der Waals surface area contributed by atoms with E-state index in [1.54, 1.807) is 6.07 Å². The third-order valence-electron chi connectivity index (χ3n) is 2.68. The summed E-state index contributed by atoms with van der Waals surface area (Å²) in [6.45, 7) is 2.14. The first-order valence-electron chi connectivity index (χ1n) is 5.98. The van der Waals surface area contributed by atoms with Gasteiger partial charge in [-0.05, 0) is 24.1 Å². The molecule has 1 heterocycles. The van der Waals surface area contributed by atoms with Gasteiger partial charge in [0.2, 0.25) is 0 Å². The smallest absolute Gasteiger partial charge is 0.151 e. The molecule has 0 radical (unpaired) electrons. The van der Waals surface area contributed by atoms with Crippen molar-refractivity contribution in [3.8, 4) is 0 Å². The van der Waals surface area contributed by atoms with E-state index in [-0.39, 0.29) is 5.15 Å². The third-order valence-corrected chi connectivity index (χ3v) is 3.64. The Morgan fingerprint density at radius 2 is 1.84 bits per heavy atom. The van der Waals surface area contributed by atoms with Gasteiger partial charge in [0, 0.05) is 5.69 Å². The lowest BCUT2D eigenvalue weighted by molar-refractivity contribution is 0.923.